The van der Waals surface area contributed by atoms with Gasteiger partial charge in [-0.2, -0.15) is 0 Å². The summed E-state index contributed by atoms with van der Waals surface area (Å²) in [7, 11) is 0. The topological polar surface area (TPSA) is 9.23 Å². The number of hydrogen-bond donors (Lipinski definition) is 0. The number of halogens is 1. The molecule has 0 aliphatic rings. The lowest BCUT2D eigenvalue weighted by Gasteiger charge is -2.06. The summed E-state index contributed by atoms with van der Waals surface area (Å²) in [5, 5.41) is 0. The third kappa shape index (κ3) is 4.01. The van der Waals surface area contributed by atoms with Gasteiger partial charge in [-0.15, -0.1) is 11.8 Å². The van der Waals surface area contributed by atoms with Gasteiger partial charge in [-0.3, -0.25) is 0 Å². The van der Waals surface area contributed by atoms with E-state index in [-0.39, 0.29) is 0 Å². The van der Waals surface area contributed by atoms with Crippen molar-refractivity contribution in [3.63, 3.8) is 0 Å². The van der Waals surface area contributed by atoms with Crippen LogP contribution < -0.4 is 4.74 Å². The first-order valence-electron chi connectivity index (χ1n) is 4.61. The van der Waals surface area contributed by atoms with Gasteiger partial charge in [0.1, 0.15) is 5.75 Å². The van der Waals surface area contributed by atoms with Crippen LogP contribution in [0.1, 0.15) is 19.8 Å². The minimum Gasteiger partial charge on any atom is -0.492 e. The molecule has 1 aromatic carbocycles. The summed E-state index contributed by atoms with van der Waals surface area (Å²) < 4.78 is 6.77. The molecule has 0 atom stereocenters. The Bertz CT molecular complexity index is 336. The van der Waals surface area contributed by atoms with Crippen molar-refractivity contribution in [2.75, 3.05) is 6.61 Å². The molecule has 14 heavy (non-hydrogen) atoms. The van der Waals surface area contributed by atoms with Crippen LogP contribution in [0.15, 0.2) is 24.3 Å². The van der Waals surface area contributed by atoms with E-state index < -0.39 is 0 Å². The molecule has 0 spiro atoms. The van der Waals surface area contributed by atoms with Gasteiger partial charge in [-0.1, -0.05) is 12.1 Å². The van der Waals surface area contributed by atoms with E-state index in [2.05, 4.69) is 34.4 Å². The van der Waals surface area contributed by atoms with Gasteiger partial charge >= 0.3 is 0 Å². The van der Waals surface area contributed by atoms with Crippen LogP contribution in [0, 0.1) is 15.4 Å². The van der Waals surface area contributed by atoms with Crippen LogP contribution >= 0.6 is 22.6 Å². The van der Waals surface area contributed by atoms with Crippen molar-refractivity contribution in [1.29, 1.82) is 0 Å². The zero-order chi connectivity index (χ0) is 10.2. The van der Waals surface area contributed by atoms with Gasteiger partial charge in [-0.25, -0.2) is 0 Å². The average molecular weight is 300 g/mol. The molecule has 0 aliphatic carbocycles. The first kappa shape index (κ1) is 11.4. The molecule has 0 fully saturated rings. The highest BCUT2D eigenvalue weighted by Crippen LogP contribution is 2.19. The Morgan fingerprint density at radius 2 is 2.14 bits per heavy atom. The van der Waals surface area contributed by atoms with E-state index in [4.69, 9.17) is 4.74 Å². The lowest BCUT2D eigenvalue weighted by molar-refractivity contribution is 0.311. The Kier molecular flexibility index (Phi) is 5.46. The number of rotatable bonds is 4. The predicted molar refractivity (Wildman–Crippen MR) is 67.3 cm³/mol. The molecule has 0 aliphatic heterocycles. The van der Waals surface area contributed by atoms with Crippen molar-refractivity contribution >= 4 is 22.6 Å². The van der Waals surface area contributed by atoms with Crippen molar-refractivity contribution in [3.05, 3.63) is 27.8 Å². The maximum absolute atomic E-state index is 5.61. The van der Waals surface area contributed by atoms with Gasteiger partial charge in [0.2, 0.25) is 0 Å². The highest BCUT2D eigenvalue weighted by molar-refractivity contribution is 14.1. The lowest BCUT2D eigenvalue weighted by atomic mass is 10.3. The van der Waals surface area contributed by atoms with Gasteiger partial charge in [0.15, 0.2) is 0 Å². The quantitative estimate of drug-likeness (QED) is 0.470. The number of unbranched alkanes of at least 4 members (excludes halogenated alkanes) is 1. The van der Waals surface area contributed by atoms with Crippen LogP contribution in [0.4, 0.5) is 0 Å². The van der Waals surface area contributed by atoms with Crippen molar-refractivity contribution in [1.82, 2.24) is 0 Å². The van der Waals surface area contributed by atoms with Gasteiger partial charge < -0.3 is 4.74 Å². The van der Waals surface area contributed by atoms with Crippen molar-refractivity contribution in [2.24, 2.45) is 0 Å². The second-order valence-corrected chi connectivity index (χ2v) is 3.97. The molecule has 1 aromatic rings. The summed E-state index contributed by atoms with van der Waals surface area (Å²) in [5.74, 6) is 6.86. The molecular weight excluding hydrogens is 287 g/mol. The third-order valence-electron chi connectivity index (χ3n) is 1.72. The molecule has 0 bridgehead atoms. The van der Waals surface area contributed by atoms with E-state index >= 15 is 0 Å². The van der Waals surface area contributed by atoms with Gasteiger partial charge in [-0.05, 0) is 48.1 Å². The molecule has 0 saturated carbocycles. The standard InChI is InChI=1S/C12H13IO/c1-2-3-4-7-10-14-12-9-6-5-8-11(12)13/h5-6,8-9H,4,7,10H2,1H3. The molecule has 1 rings (SSSR count). The molecule has 0 heterocycles. The molecule has 0 radical (unpaired) electrons. The maximum atomic E-state index is 5.61. The second-order valence-electron chi connectivity index (χ2n) is 2.81. The molecule has 74 valence electrons. The Labute approximate surface area is 99.0 Å². The Hall–Kier alpha value is -0.690. The van der Waals surface area contributed by atoms with E-state index in [0.29, 0.717) is 0 Å². The Morgan fingerprint density at radius 1 is 1.36 bits per heavy atom. The number of hydrogen-bond acceptors (Lipinski definition) is 1. The van der Waals surface area contributed by atoms with Crippen LogP contribution in [0.3, 0.4) is 0 Å². The summed E-state index contributed by atoms with van der Waals surface area (Å²) in [6.45, 7) is 2.61. The minimum atomic E-state index is 0.745. The fraction of sp³-hybridized carbons (Fsp3) is 0.333. The normalized spacial score (nSPS) is 9.00. The fourth-order valence-electron chi connectivity index (χ4n) is 1.03. The van der Waals surface area contributed by atoms with Crippen LogP contribution in [0.5, 0.6) is 5.75 Å². The largest absolute Gasteiger partial charge is 0.492 e. The molecule has 0 aromatic heterocycles. The second kappa shape index (κ2) is 6.72. The smallest absolute Gasteiger partial charge is 0.132 e. The minimum absolute atomic E-state index is 0.745. The molecular formula is C12H13IO. The van der Waals surface area contributed by atoms with Crippen molar-refractivity contribution < 1.29 is 4.74 Å². The number of ether oxygens (including phenoxy) is 1. The van der Waals surface area contributed by atoms with Gasteiger partial charge in [0.05, 0.1) is 10.2 Å². The molecule has 2 heteroatoms. The monoisotopic (exact) mass is 300 g/mol. The molecule has 0 amide bonds. The summed E-state index contributed by atoms with van der Waals surface area (Å²) in [5.41, 5.74) is 0. The highest BCUT2D eigenvalue weighted by Gasteiger charge is 1.97. The maximum Gasteiger partial charge on any atom is 0.132 e. The predicted octanol–water partition coefficient (Wildman–Crippen LogP) is 3.47. The van der Waals surface area contributed by atoms with E-state index in [1.165, 1.54) is 0 Å². The van der Waals surface area contributed by atoms with E-state index in [0.717, 1.165) is 28.8 Å². The molecule has 0 N–H and O–H groups in total. The van der Waals surface area contributed by atoms with E-state index in [1.54, 1.807) is 0 Å². The van der Waals surface area contributed by atoms with Crippen LogP contribution in [-0.2, 0) is 0 Å². The SMILES string of the molecule is CC#CCCCOc1ccccc1I. The first-order chi connectivity index (χ1) is 6.84. The van der Waals surface area contributed by atoms with E-state index in [9.17, 15) is 0 Å². The van der Waals surface area contributed by atoms with E-state index in [1.807, 2.05) is 31.2 Å². The van der Waals surface area contributed by atoms with Crippen molar-refractivity contribution in [2.45, 2.75) is 19.8 Å². The molecule has 0 unspecified atom stereocenters. The van der Waals surface area contributed by atoms with Crippen LogP contribution in [0.25, 0.3) is 0 Å². The third-order valence-corrected chi connectivity index (χ3v) is 2.61. The number of benzene rings is 1. The first-order valence-corrected chi connectivity index (χ1v) is 5.69. The zero-order valence-corrected chi connectivity index (χ0v) is 10.4. The van der Waals surface area contributed by atoms with Gasteiger partial charge in [0.25, 0.3) is 0 Å². The summed E-state index contributed by atoms with van der Waals surface area (Å²) >= 11 is 2.28. The molecule has 0 saturated heterocycles. The summed E-state index contributed by atoms with van der Waals surface area (Å²) in [4.78, 5) is 0. The zero-order valence-electron chi connectivity index (χ0n) is 8.22. The lowest BCUT2D eigenvalue weighted by Crippen LogP contribution is -1.97. The van der Waals surface area contributed by atoms with Crippen LogP contribution in [-0.4, -0.2) is 6.61 Å². The Balaban J connectivity index is 2.30. The summed E-state index contributed by atoms with van der Waals surface area (Å²) in [6, 6.07) is 8.04. The average Bonchev–Trinajstić information content (AvgIpc) is 2.20. The van der Waals surface area contributed by atoms with Crippen molar-refractivity contribution in [3.8, 4) is 17.6 Å². The highest BCUT2D eigenvalue weighted by atomic mass is 127. The Morgan fingerprint density at radius 3 is 2.86 bits per heavy atom. The van der Waals surface area contributed by atoms with Crippen LogP contribution in [0.2, 0.25) is 0 Å². The fourth-order valence-corrected chi connectivity index (χ4v) is 1.57. The van der Waals surface area contributed by atoms with Gasteiger partial charge in [0, 0.05) is 6.42 Å². The summed E-state index contributed by atoms with van der Waals surface area (Å²) in [6.07, 6.45) is 1.91. The number of para-hydroxylation sites is 1. The molecule has 1 nitrogen and oxygen atoms in total.